The molecule has 0 fully saturated rings. The minimum Gasteiger partial charge on any atom is -0.440 e. The van der Waals surface area contributed by atoms with Crippen molar-refractivity contribution in [3.63, 3.8) is 0 Å². The third-order valence-electron chi connectivity index (χ3n) is 1.04. The lowest BCUT2D eigenvalue weighted by molar-refractivity contribution is 0.454. The molecule has 0 saturated carbocycles. The predicted molar refractivity (Wildman–Crippen MR) is 45.3 cm³/mol. The van der Waals surface area contributed by atoms with Gasteiger partial charge in [0.1, 0.15) is 6.26 Å². The Morgan fingerprint density at radius 1 is 1.73 bits per heavy atom. The van der Waals surface area contributed by atoms with Gasteiger partial charge < -0.3 is 4.42 Å². The second-order valence-corrected chi connectivity index (χ2v) is 2.87. The first-order valence-electron chi connectivity index (χ1n) is 3.35. The van der Waals surface area contributed by atoms with Gasteiger partial charge in [-0.2, -0.15) is 0 Å². The lowest BCUT2D eigenvalue weighted by Crippen LogP contribution is -1.75. The Kier molecular flexibility index (Phi) is 3.63. The Hall–Kier alpha value is -0.880. The molecule has 1 heterocycles. The fourth-order valence-electron chi connectivity index (χ4n) is 0.596. The van der Waals surface area contributed by atoms with Crippen molar-refractivity contribution in [1.82, 2.24) is 4.98 Å². The normalized spacial score (nSPS) is 8.82. The van der Waals surface area contributed by atoms with Crippen molar-refractivity contribution in [3.8, 4) is 11.8 Å². The standard InChI is InChI=1S/C8H9NOS/c1-2-3-4-7-11-8-9-5-6-10-8/h5-6H,4,7H2,1H3. The molecule has 0 radical (unpaired) electrons. The van der Waals surface area contributed by atoms with Gasteiger partial charge in [-0.1, -0.05) is 11.8 Å². The minimum atomic E-state index is 0.725. The molecule has 0 atom stereocenters. The number of thioether (sulfide) groups is 1. The zero-order valence-corrected chi connectivity index (χ0v) is 7.15. The molecule has 0 amide bonds. The third-order valence-corrected chi connectivity index (χ3v) is 1.90. The molecule has 0 aliphatic heterocycles. The Morgan fingerprint density at radius 2 is 2.64 bits per heavy atom. The van der Waals surface area contributed by atoms with Gasteiger partial charge in [0.15, 0.2) is 0 Å². The van der Waals surface area contributed by atoms with E-state index in [-0.39, 0.29) is 0 Å². The van der Waals surface area contributed by atoms with Crippen LogP contribution in [0.5, 0.6) is 0 Å². The average molecular weight is 167 g/mol. The second-order valence-electron chi connectivity index (χ2n) is 1.82. The SMILES string of the molecule is CC#CCCSc1ncco1. The number of hydrogen-bond acceptors (Lipinski definition) is 3. The van der Waals surface area contributed by atoms with E-state index < -0.39 is 0 Å². The van der Waals surface area contributed by atoms with Gasteiger partial charge >= 0.3 is 0 Å². The summed E-state index contributed by atoms with van der Waals surface area (Å²) < 4.78 is 5.02. The molecule has 0 bridgehead atoms. The fourth-order valence-corrected chi connectivity index (χ4v) is 1.23. The van der Waals surface area contributed by atoms with Gasteiger partial charge in [-0.25, -0.2) is 4.98 Å². The van der Waals surface area contributed by atoms with Crippen molar-refractivity contribution in [2.75, 3.05) is 5.75 Å². The monoisotopic (exact) mass is 167 g/mol. The maximum absolute atomic E-state index is 5.02. The van der Waals surface area contributed by atoms with Crippen molar-refractivity contribution in [3.05, 3.63) is 12.5 Å². The Labute approximate surface area is 70.4 Å². The first-order chi connectivity index (χ1) is 5.43. The summed E-state index contributed by atoms with van der Waals surface area (Å²) in [6.07, 6.45) is 4.12. The van der Waals surface area contributed by atoms with E-state index in [1.807, 2.05) is 6.92 Å². The average Bonchev–Trinajstić information content (AvgIpc) is 2.50. The van der Waals surface area contributed by atoms with E-state index in [1.54, 1.807) is 24.2 Å². The summed E-state index contributed by atoms with van der Waals surface area (Å²) in [6, 6.07) is 0. The fraction of sp³-hybridized carbons (Fsp3) is 0.375. The minimum absolute atomic E-state index is 0.725. The molecule has 0 unspecified atom stereocenters. The molecule has 11 heavy (non-hydrogen) atoms. The Morgan fingerprint density at radius 3 is 3.27 bits per heavy atom. The first kappa shape index (κ1) is 8.22. The summed E-state index contributed by atoms with van der Waals surface area (Å²) in [5.41, 5.74) is 0. The van der Waals surface area contributed by atoms with Crippen LogP contribution in [0.15, 0.2) is 22.1 Å². The molecule has 0 aliphatic carbocycles. The van der Waals surface area contributed by atoms with Crippen molar-refractivity contribution >= 4 is 11.8 Å². The van der Waals surface area contributed by atoms with Crippen molar-refractivity contribution in [2.24, 2.45) is 0 Å². The molecule has 1 aromatic rings. The van der Waals surface area contributed by atoms with E-state index >= 15 is 0 Å². The van der Waals surface area contributed by atoms with Crippen LogP contribution in [0.1, 0.15) is 13.3 Å². The quantitative estimate of drug-likeness (QED) is 0.392. The highest BCUT2D eigenvalue weighted by Crippen LogP contribution is 2.14. The van der Waals surface area contributed by atoms with Gasteiger partial charge in [0, 0.05) is 12.2 Å². The van der Waals surface area contributed by atoms with Gasteiger partial charge in [0.25, 0.3) is 5.22 Å². The molecule has 1 aromatic heterocycles. The largest absolute Gasteiger partial charge is 0.440 e. The van der Waals surface area contributed by atoms with Crippen LogP contribution >= 0.6 is 11.8 Å². The molecule has 0 N–H and O–H groups in total. The van der Waals surface area contributed by atoms with Crippen molar-refractivity contribution in [2.45, 2.75) is 18.6 Å². The van der Waals surface area contributed by atoms with Crippen LogP contribution in [-0.2, 0) is 0 Å². The highest BCUT2D eigenvalue weighted by molar-refractivity contribution is 7.99. The van der Waals surface area contributed by atoms with Crippen LogP contribution in [0.2, 0.25) is 0 Å². The van der Waals surface area contributed by atoms with E-state index in [4.69, 9.17) is 4.42 Å². The van der Waals surface area contributed by atoms with Gasteiger partial charge in [0.2, 0.25) is 0 Å². The lowest BCUT2D eigenvalue weighted by Gasteiger charge is -1.88. The topological polar surface area (TPSA) is 26.0 Å². The Balaban J connectivity index is 2.17. The molecule has 2 nitrogen and oxygen atoms in total. The third kappa shape index (κ3) is 3.15. The zero-order chi connectivity index (χ0) is 7.94. The molecule has 0 spiro atoms. The van der Waals surface area contributed by atoms with E-state index in [2.05, 4.69) is 16.8 Å². The summed E-state index contributed by atoms with van der Waals surface area (Å²) in [5.74, 6) is 6.75. The summed E-state index contributed by atoms with van der Waals surface area (Å²) in [6.45, 7) is 1.84. The number of rotatable bonds is 3. The van der Waals surface area contributed by atoms with Gasteiger partial charge in [-0.3, -0.25) is 0 Å². The van der Waals surface area contributed by atoms with Crippen molar-refractivity contribution in [1.29, 1.82) is 0 Å². The number of nitrogens with zero attached hydrogens (tertiary/aromatic N) is 1. The number of hydrogen-bond donors (Lipinski definition) is 0. The van der Waals surface area contributed by atoms with E-state index in [0.717, 1.165) is 17.4 Å². The molecule has 0 aromatic carbocycles. The summed E-state index contributed by atoms with van der Waals surface area (Å²) in [5, 5.41) is 0.725. The summed E-state index contributed by atoms with van der Waals surface area (Å²) >= 11 is 1.59. The van der Waals surface area contributed by atoms with Crippen LogP contribution in [0.25, 0.3) is 0 Å². The summed E-state index contributed by atoms with van der Waals surface area (Å²) in [4.78, 5) is 3.96. The number of aromatic nitrogens is 1. The second kappa shape index (κ2) is 4.86. The predicted octanol–water partition coefficient (Wildman–Crippen LogP) is 2.18. The molecular weight excluding hydrogens is 158 g/mol. The highest BCUT2D eigenvalue weighted by Gasteiger charge is 1.94. The lowest BCUT2D eigenvalue weighted by atomic mass is 10.5. The van der Waals surface area contributed by atoms with E-state index in [9.17, 15) is 0 Å². The van der Waals surface area contributed by atoms with Crippen LogP contribution in [-0.4, -0.2) is 10.7 Å². The van der Waals surface area contributed by atoms with Crippen LogP contribution in [0, 0.1) is 11.8 Å². The molecule has 3 heteroatoms. The molecule has 0 aliphatic rings. The molecule has 1 rings (SSSR count). The number of oxazole rings is 1. The smallest absolute Gasteiger partial charge is 0.255 e. The zero-order valence-electron chi connectivity index (χ0n) is 6.33. The highest BCUT2D eigenvalue weighted by atomic mass is 32.2. The van der Waals surface area contributed by atoms with Crippen LogP contribution in [0.3, 0.4) is 0 Å². The maximum Gasteiger partial charge on any atom is 0.255 e. The summed E-state index contributed by atoms with van der Waals surface area (Å²) in [7, 11) is 0. The van der Waals surface area contributed by atoms with E-state index in [1.165, 1.54) is 0 Å². The Bertz CT molecular complexity index is 245. The molecule has 58 valence electrons. The van der Waals surface area contributed by atoms with Gasteiger partial charge in [-0.15, -0.1) is 11.8 Å². The first-order valence-corrected chi connectivity index (χ1v) is 4.34. The maximum atomic E-state index is 5.02. The van der Waals surface area contributed by atoms with Gasteiger partial charge in [0.05, 0.1) is 6.20 Å². The van der Waals surface area contributed by atoms with Crippen LogP contribution < -0.4 is 0 Å². The molecular formula is C8H9NOS. The van der Waals surface area contributed by atoms with Gasteiger partial charge in [-0.05, 0) is 6.92 Å². The van der Waals surface area contributed by atoms with Crippen molar-refractivity contribution < 1.29 is 4.42 Å². The molecule has 0 saturated heterocycles. The van der Waals surface area contributed by atoms with E-state index in [0.29, 0.717) is 0 Å². The van der Waals surface area contributed by atoms with Crippen LogP contribution in [0.4, 0.5) is 0 Å².